The van der Waals surface area contributed by atoms with E-state index in [9.17, 15) is 9.59 Å². The summed E-state index contributed by atoms with van der Waals surface area (Å²) in [4.78, 5) is 27.2. The van der Waals surface area contributed by atoms with Gasteiger partial charge in [0.05, 0.1) is 21.6 Å². The van der Waals surface area contributed by atoms with Gasteiger partial charge in [-0.2, -0.15) is 0 Å². The molecule has 1 fully saturated rings. The number of halogens is 2. The minimum absolute atomic E-state index is 0.0827. The molecule has 1 N–H and O–H groups in total. The van der Waals surface area contributed by atoms with E-state index in [1.165, 1.54) is 11.8 Å². The van der Waals surface area contributed by atoms with Gasteiger partial charge in [-0.05, 0) is 55.3 Å². The first-order valence-corrected chi connectivity index (χ1v) is 12.7. The normalized spacial score (nSPS) is 14.6. The highest BCUT2D eigenvalue weighted by Crippen LogP contribution is 2.35. The Kier molecular flexibility index (Phi) is 9.64. The molecule has 3 rings (SSSR count). The lowest BCUT2D eigenvalue weighted by Gasteiger charge is -2.13. The van der Waals surface area contributed by atoms with Crippen LogP contribution in [0.4, 0.5) is 5.69 Å². The molecular formula is C24H24Cl2N2O4S2. The summed E-state index contributed by atoms with van der Waals surface area (Å²) < 4.78 is 12.0. The number of carbonyl (C=O) groups is 2. The predicted molar refractivity (Wildman–Crippen MR) is 143 cm³/mol. The van der Waals surface area contributed by atoms with E-state index >= 15 is 0 Å². The molecule has 0 aliphatic carbocycles. The molecule has 34 heavy (non-hydrogen) atoms. The van der Waals surface area contributed by atoms with Crippen molar-refractivity contribution >= 4 is 75.1 Å². The number of nitrogens with one attached hydrogen (secondary N) is 1. The molecule has 2 aromatic rings. The minimum Gasteiger partial charge on any atom is -0.490 e. The van der Waals surface area contributed by atoms with Crippen molar-refractivity contribution in [3.8, 4) is 11.5 Å². The van der Waals surface area contributed by atoms with Crippen molar-refractivity contribution in [3.63, 3.8) is 0 Å². The van der Waals surface area contributed by atoms with E-state index in [0.717, 1.165) is 18.4 Å². The Morgan fingerprint density at radius 3 is 2.62 bits per heavy atom. The maximum atomic E-state index is 12.7. The molecule has 10 heteroatoms. The van der Waals surface area contributed by atoms with Crippen LogP contribution in [0.2, 0.25) is 10.0 Å². The third-order valence-corrected chi connectivity index (χ3v) is 6.85. The summed E-state index contributed by atoms with van der Waals surface area (Å²) >= 11 is 18.5. The molecular weight excluding hydrogens is 515 g/mol. The average molecular weight is 540 g/mol. The second-order valence-corrected chi connectivity index (χ2v) is 9.78. The number of carbonyl (C=O) groups excluding carboxylic acids is 2. The van der Waals surface area contributed by atoms with Crippen molar-refractivity contribution in [3.05, 3.63) is 56.9 Å². The molecule has 1 saturated heterocycles. The summed E-state index contributed by atoms with van der Waals surface area (Å²) in [5, 5.41) is 3.45. The van der Waals surface area contributed by atoms with E-state index in [-0.39, 0.29) is 18.4 Å². The third-order valence-electron chi connectivity index (χ3n) is 4.74. The minimum atomic E-state index is -0.360. The summed E-state index contributed by atoms with van der Waals surface area (Å²) in [7, 11) is 0. The van der Waals surface area contributed by atoms with Crippen LogP contribution >= 0.6 is 47.2 Å². The van der Waals surface area contributed by atoms with Crippen LogP contribution in [-0.2, 0) is 9.59 Å². The first kappa shape index (κ1) is 26.3. The van der Waals surface area contributed by atoms with Gasteiger partial charge in [-0.3, -0.25) is 14.5 Å². The fourth-order valence-corrected chi connectivity index (χ4v) is 4.68. The van der Waals surface area contributed by atoms with Crippen LogP contribution in [0.25, 0.3) is 6.08 Å². The highest BCUT2D eigenvalue weighted by Gasteiger charge is 2.31. The number of amides is 2. The van der Waals surface area contributed by atoms with Gasteiger partial charge in [0, 0.05) is 12.2 Å². The topological polar surface area (TPSA) is 67.9 Å². The van der Waals surface area contributed by atoms with Gasteiger partial charge < -0.3 is 14.8 Å². The highest BCUT2D eigenvalue weighted by atomic mass is 35.5. The fourth-order valence-electron chi connectivity index (χ4n) is 3.08. The van der Waals surface area contributed by atoms with Crippen LogP contribution < -0.4 is 14.8 Å². The standard InChI is InChI=1S/C24H24Cl2N2O4S2/c1-3-5-10-28-23(30)21(34-24(28)33)12-15-6-9-19(20(11-15)31-4-2)32-14-22(29)27-16-7-8-17(25)18(26)13-16/h6-9,11-13H,3-5,10,14H2,1-2H3,(H,27,29)/b21-12-. The summed E-state index contributed by atoms with van der Waals surface area (Å²) in [6, 6.07) is 10.1. The van der Waals surface area contributed by atoms with Crippen molar-refractivity contribution in [1.29, 1.82) is 0 Å². The Morgan fingerprint density at radius 1 is 1.12 bits per heavy atom. The zero-order valence-corrected chi connectivity index (χ0v) is 21.9. The van der Waals surface area contributed by atoms with E-state index < -0.39 is 0 Å². The Bertz CT molecular complexity index is 1120. The molecule has 0 atom stereocenters. The molecule has 0 unspecified atom stereocenters. The summed E-state index contributed by atoms with van der Waals surface area (Å²) in [5.41, 5.74) is 1.28. The zero-order valence-electron chi connectivity index (χ0n) is 18.7. The number of thioether (sulfide) groups is 1. The van der Waals surface area contributed by atoms with Crippen molar-refractivity contribution in [1.82, 2.24) is 4.90 Å². The van der Waals surface area contributed by atoms with E-state index in [0.29, 0.717) is 49.6 Å². The lowest BCUT2D eigenvalue weighted by atomic mass is 10.2. The molecule has 2 aromatic carbocycles. The number of hydrogen-bond acceptors (Lipinski definition) is 6. The number of thiocarbonyl (C=S) groups is 1. The van der Waals surface area contributed by atoms with E-state index in [1.807, 2.05) is 6.92 Å². The van der Waals surface area contributed by atoms with E-state index in [1.54, 1.807) is 47.4 Å². The fraction of sp³-hybridized carbons (Fsp3) is 0.292. The maximum Gasteiger partial charge on any atom is 0.266 e. The predicted octanol–water partition coefficient (Wildman–Crippen LogP) is 6.41. The number of ether oxygens (including phenoxy) is 2. The second kappa shape index (κ2) is 12.4. The monoisotopic (exact) mass is 538 g/mol. The van der Waals surface area contributed by atoms with Crippen molar-refractivity contribution in [2.45, 2.75) is 26.7 Å². The molecule has 1 heterocycles. The van der Waals surface area contributed by atoms with Crippen LogP contribution in [0.3, 0.4) is 0 Å². The van der Waals surface area contributed by atoms with Crippen molar-refractivity contribution < 1.29 is 19.1 Å². The van der Waals surface area contributed by atoms with Crippen molar-refractivity contribution in [2.24, 2.45) is 0 Å². The van der Waals surface area contributed by atoms with Gasteiger partial charge in [0.1, 0.15) is 4.32 Å². The molecule has 2 amide bonds. The van der Waals surface area contributed by atoms with Gasteiger partial charge in [0.25, 0.3) is 11.8 Å². The van der Waals surface area contributed by atoms with Crippen LogP contribution in [0, 0.1) is 0 Å². The first-order valence-electron chi connectivity index (χ1n) is 10.7. The zero-order chi connectivity index (χ0) is 24.7. The van der Waals surface area contributed by atoms with E-state index in [2.05, 4.69) is 12.2 Å². The molecule has 1 aliphatic rings. The molecule has 0 saturated carbocycles. The summed E-state index contributed by atoms with van der Waals surface area (Å²) in [6.45, 7) is 4.74. The smallest absolute Gasteiger partial charge is 0.266 e. The van der Waals surface area contributed by atoms with E-state index in [4.69, 9.17) is 44.9 Å². The molecule has 6 nitrogen and oxygen atoms in total. The molecule has 0 bridgehead atoms. The second-order valence-electron chi connectivity index (χ2n) is 7.29. The molecule has 1 aliphatic heterocycles. The average Bonchev–Trinajstić information content (AvgIpc) is 3.06. The SMILES string of the molecule is CCCCN1C(=O)/C(=C/c2ccc(OCC(=O)Nc3ccc(Cl)c(Cl)c3)c(OCC)c2)SC1=S. The number of nitrogens with zero attached hydrogens (tertiary/aromatic N) is 1. The molecule has 180 valence electrons. The van der Waals surface area contributed by atoms with Crippen LogP contribution in [-0.4, -0.2) is 40.8 Å². The number of hydrogen-bond donors (Lipinski definition) is 1. The lowest BCUT2D eigenvalue weighted by molar-refractivity contribution is -0.122. The Balaban J connectivity index is 1.68. The Labute approximate surface area is 218 Å². The maximum absolute atomic E-state index is 12.7. The van der Waals surface area contributed by atoms with Gasteiger partial charge >= 0.3 is 0 Å². The number of unbranched alkanes of at least 4 members (excludes halogenated alkanes) is 1. The van der Waals surface area contributed by atoms with Crippen LogP contribution in [0.5, 0.6) is 11.5 Å². The van der Waals surface area contributed by atoms with Gasteiger partial charge in [0.15, 0.2) is 18.1 Å². The van der Waals surface area contributed by atoms with Crippen LogP contribution in [0.1, 0.15) is 32.3 Å². The largest absolute Gasteiger partial charge is 0.490 e. The molecule has 0 aromatic heterocycles. The van der Waals surface area contributed by atoms with Gasteiger partial charge in [-0.1, -0.05) is 66.6 Å². The lowest BCUT2D eigenvalue weighted by Crippen LogP contribution is -2.28. The molecule has 0 spiro atoms. The Morgan fingerprint density at radius 2 is 1.91 bits per heavy atom. The third kappa shape index (κ3) is 6.88. The number of rotatable bonds is 10. The number of benzene rings is 2. The van der Waals surface area contributed by atoms with Gasteiger partial charge in [-0.25, -0.2) is 0 Å². The number of anilines is 1. The van der Waals surface area contributed by atoms with Crippen LogP contribution in [0.15, 0.2) is 41.3 Å². The van der Waals surface area contributed by atoms with Gasteiger partial charge in [-0.15, -0.1) is 0 Å². The summed E-state index contributed by atoms with van der Waals surface area (Å²) in [6.07, 6.45) is 3.67. The first-order chi connectivity index (χ1) is 16.3. The Hall–Kier alpha value is -2.26. The summed E-state index contributed by atoms with van der Waals surface area (Å²) in [5.74, 6) is 0.445. The quantitative estimate of drug-likeness (QED) is 0.278. The van der Waals surface area contributed by atoms with Gasteiger partial charge in [0.2, 0.25) is 0 Å². The molecule has 0 radical (unpaired) electrons. The van der Waals surface area contributed by atoms with Crippen molar-refractivity contribution in [2.75, 3.05) is 25.1 Å². The highest BCUT2D eigenvalue weighted by molar-refractivity contribution is 8.26.